The molecule has 0 radical (unpaired) electrons. The Labute approximate surface area is 133 Å². The van der Waals surface area contributed by atoms with Gasteiger partial charge >= 0.3 is 0 Å². The van der Waals surface area contributed by atoms with Crippen molar-refractivity contribution in [3.05, 3.63) is 83.1 Å². The molecule has 0 heterocycles. The molecule has 0 aromatic heterocycles. The lowest BCUT2D eigenvalue weighted by atomic mass is 9.78. The van der Waals surface area contributed by atoms with E-state index >= 15 is 0 Å². The minimum atomic E-state index is 0.144. The van der Waals surface area contributed by atoms with Crippen molar-refractivity contribution < 1.29 is 0 Å². The van der Waals surface area contributed by atoms with Crippen molar-refractivity contribution in [3.8, 4) is 0 Å². The molecular weight excluding hydrogens is 266 g/mol. The number of nitrogens with one attached hydrogen (secondary N) is 1. The predicted octanol–water partition coefficient (Wildman–Crippen LogP) is 4.75. The first-order valence-electron chi connectivity index (χ1n) is 8.28. The molecule has 3 aliphatic carbocycles. The number of hydrogen-bond donors (Lipinski definition) is 1. The van der Waals surface area contributed by atoms with Crippen LogP contribution in [-0.4, -0.2) is 6.04 Å². The molecule has 0 aliphatic heterocycles. The van der Waals surface area contributed by atoms with E-state index in [1.54, 1.807) is 5.57 Å². The Hall–Kier alpha value is -2.02. The van der Waals surface area contributed by atoms with Gasteiger partial charge in [0, 0.05) is 23.1 Å². The third kappa shape index (κ3) is 2.08. The summed E-state index contributed by atoms with van der Waals surface area (Å²) in [5.74, 6) is 0.568. The van der Waals surface area contributed by atoms with E-state index < -0.39 is 0 Å². The predicted molar refractivity (Wildman–Crippen MR) is 92.8 cm³/mol. The fourth-order valence-corrected chi connectivity index (χ4v) is 4.14. The first-order valence-corrected chi connectivity index (χ1v) is 8.28. The van der Waals surface area contributed by atoms with E-state index in [4.69, 9.17) is 0 Å². The lowest BCUT2D eigenvalue weighted by molar-refractivity contribution is 0.599. The average molecular weight is 289 g/mol. The van der Waals surface area contributed by atoms with Crippen LogP contribution in [0.2, 0.25) is 0 Å². The van der Waals surface area contributed by atoms with Gasteiger partial charge < -0.3 is 5.32 Å². The fraction of sp³-hybridized carbons (Fsp3) is 0.333. The SMILES string of the molecule is CC1(C)C2=CC(NC3C=CC=CC3)=CCC2c2ccccc21. The highest BCUT2D eigenvalue weighted by atomic mass is 14.9. The molecule has 3 aliphatic rings. The van der Waals surface area contributed by atoms with Gasteiger partial charge in [-0.25, -0.2) is 0 Å². The van der Waals surface area contributed by atoms with Crippen LogP contribution in [0.15, 0.2) is 72.0 Å². The molecule has 0 fully saturated rings. The van der Waals surface area contributed by atoms with Gasteiger partial charge in [0.15, 0.2) is 0 Å². The second-order valence-electron chi connectivity index (χ2n) is 7.06. The molecule has 112 valence electrons. The van der Waals surface area contributed by atoms with E-state index in [9.17, 15) is 0 Å². The van der Waals surface area contributed by atoms with Gasteiger partial charge in [-0.2, -0.15) is 0 Å². The van der Waals surface area contributed by atoms with E-state index in [1.807, 2.05) is 0 Å². The van der Waals surface area contributed by atoms with Gasteiger partial charge in [-0.15, -0.1) is 0 Å². The molecule has 0 spiro atoms. The molecule has 1 N–H and O–H groups in total. The second kappa shape index (κ2) is 5.01. The Balaban J connectivity index is 1.63. The van der Waals surface area contributed by atoms with Gasteiger partial charge in [-0.05, 0) is 30.0 Å². The molecule has 0 amide bonds. The van der Waals surface area contributed by atoms with Crippen LogP contribution in [0.3, 0.4) is 0 Å². The van der Waals surface area contributed by atoms with Crippen molar-refractivity contribution in [2.75, 3.05) is 0 Å². The van der Waals surface area contributed by atoms with Gasteiger partial charge in [0.05, 0.1) is 0 Å². The van der Waals surface area contributed by atoms with Crippen LogP contribution in [0, 0.1) is 0 Å². The standard InChI is InChI=1S/C21H23N/c1-21(2)19-11-7-6-10-17(19)18-13-12-16(14-20(18)21)22-15-8-4-3-5-9-15/h3-8,10-12,14-15,18,22H,9,13H2,1-2H3. The summed E-state index contributed by atoms with van der Waals surface area (Å²) in [6.07, 6.45) is 15.7. The van der Waals surface area contributed by atoms with Crippen molar-refractivity contribution in [1.82, 2.24) is 5.32 Å². The number of allylic oxidation sites excluding steroid dienone is 5. The number of hydrogen-bond acceptors (Lipinski definition) is 1. The van der Waals surface area contributed by atoms with Crippen molar-refractivity contribution in [3.63, 3.8) is 0 Å². The Morgan fingerprint density at radius 3 is 2.77 bits per heavy atom. The number of fused-ring (bicyclic) bond motifs is 3. The minimum absolute atomic E-state index is 0.144. The third-order valence-electron chi connectivity index (χ3n) is 5.32. The summed E-state index contributed by atoms with van der Waals surface area (Å²) >= 11 is 0. The smallest absolute Gasteiger partial charge is 0.0481 e. The van der Waals surface area contributed by atoms with E-state index in [-0.39, 0.29) is 5.41 Å². The molecule has 1 aromatic carbocycles. The lowest BCUT2D eigenvalue weighted by Crippen LogP contribution is -2.28. The van der Waals surface area contributed by atoms with Gasteiger partial charge in [-0.3, -0.25) is 0 Å². The minimum Gasteiger partial charge on any atom is -0.379 e. The summed E-state index contributed by atoms with van der Waals surface area (Å²) in [6, 6.07) is 9.38. The van der Waals surface area contributed by atoms with Crippen molar-refractivity contribution in [1.29, 1.82) is 0 Å². The Bertz CT molecular complexity index is 715. The highest BCUT2D eigenvalue weighted by Gasteiger charge is 2.41. The van der Waals surface area contributed by atoms with Crippen LogP contribution in [0.25, 0.3) is 0 Å². The Kier molecular flexibility index (Phi) is 3.11. The summed E-state index contributed by atoms with van der Waals surface area (Å²) in [7, 11) is 0. The summed E-state index contributed by atoms with van der Waals surface area (Å²) in [5, 5.41) is 3.68. The Morgan fingerprint density at radius 1 is 1.09 bits per heavy atom. The summed E-state index contributed by atoms with van der Waals surface area (Å²) in [6.45, 7) is 4.73. The number of rotatable bonds is 2. The van der Waals surface area contributed by atoms with Crippen LogP contribution in [-0.2, 0) is 5.41 Å². The molecule has 2 atom stereocenters. The van der Waals surface area contributed by atoms with E-state index in [1.165, 1.54) is 16.8 Å². The quantitative estimate of drug-likeness (QED) is 0.828. The highest BCUT2D eigenvalue weighted by Crippen LogP contribution is 2.53. The molecule has 4 rings (SSSR count). The zero-order chi connectivity index (χ0) is 15.2. The zero-order valence-electron chi connectivity index (χ0n) is 13.3. The molecule has 0 saturated heterocycles. The zero-order valence-corrected chi connectivity index (χ0v) is 13.3. The molecular formula is C21H23N. The first kappa shape index (κ1) is 13.6. The van der Waals surface area contributed by atoms with Gasteiger partial charge in [0.25, 0.3) is 0 Å². The first-order chi connectivity index (χ1) is 10.7. The molecule has 1 nitrogen and oxygen atoms in total. The summed E-state index contributed by atoms with van der Waals surface area (Å²) in [5.41, 5.74) is 6.02. The topological polar surface area (TPSA) is 12.0 Å². The van der Waals surface area contributed by atoms with E-state index in [2.05, 4.69) is 79.9 Å². The maximum atomic E-state index is 3.68. The molecule has 1 heteroatoms. The van der Waals surface area contributed by atoms with Crippen LogP contribution >= 0.6 is 0 Å². The van der Waals surface area contributed by atoms with Crippen LogP contribution in [0.1, 0.15) is 43.7 Å². The fourth-order valence-electron chi connectivity index (χ4n) is 4.14. The molecule has 22 heavy (non-hydrogen) atoms. The van der Waals surface area contributed by atoms with E-state index in [0.29, 0.717) is 12.0 Å². The maximum Gasteiger partial charge on any atom is 0.0481 e. The van der Waals surface area contributed by atoms with Gasteiger partial charge in [0.1, 0.15) is 0 Å². The average Bonchev–Trinajstić information content (AvgIpc) is 2.77. The van der Waals surface area contributed by atoms with Gasteiger partial charge in [0.2, 0.25) is 0 Å². The van der Waals surface area contributed by atoms with Crippen molar-refractivity contribution in [2.24, 2.45) is 0 Å². The molecule has 2 unspecified atom stereocenters. The van der Waals surface area contributed by atoms with E-state index in [0.717, 1.165) is 12.8 Å². The van der Waals surface area contributed by atoms with Gasteiger partial charge in [-0.1, -0.05) is 74.1 Å². The largest absolute Gasteiger partial charge is 0.379 e. The monoisotopic (exact) mass is 289 g/mol. The second-order valence-corrected chi connectivity index (χ2v) is 7.06. The van der Waals surface area contributed by atoms with Crippen LogP contribution < -0.4 is 5.32 Å². The highest BCUT2D eigenvalue weighted by molar-refractivity contribution is 5.57. The van der Waals surface area contributed by atoms with Crippen LogP contribution in [0.4, 0.5) is 0 Å². The summed E-state index contributed by atoms with van der Waals surface area (Å²) in [4.78, 5) is 0. The molecule has 0 bridgehead atoms. The van der Waals surface area contributed by atoms with Crippen LogP contribution in [0.5, 0.6) is 0 Å². The Morgan fingerprint density at radius 2 is 1.95 bits per heavy atom. The molecule has 0 saturated carbocycles. The molecule has 1 aromatic rings. The van der Waals surface area contributed by atoms with Crippen molar-refractivity contribution in [2.45, 2.75) is 44.1 Å². The number of benzene rings is 1. The normalized spacial score (nSPS) is 27.7. The van der Waals surface area contributed by atoms with Crippen molar-refractivity contribution >= 4 is 0 Å². The summed E-state index contributed by atoms with van der Waals surface area (Å²) < 4.78 is 0. The third-order valence-corrected chi connectivity index (χ3v) is 5.32. The maximum absolute atomic E-state index is 3.68. The lowest BCUT2D eigenvalue weighted by Gasteiger charge is -2.28.